The lowest BCUT2D eigenvalue weighted by Gasteiger charge is -2.18. The molecular formula is C103H109F25N9O12+9. The molecule has 12 aromatic rings. The van der Waals surface area contributed by atoms with E-state index in [0.29, 0.717) is 44.0 Å². The molecule has 1 atom stereocenters. The zero-order valence-corrected chi connectivity index (χ0v) is 80.9. The van der Waals surface area contributed by atoms with Gasteiger partial charge in [0.2, 0.25) is 91.0 Å². The number of nitrogens with zero attached hydrogens (tertiary/aromatic N) is 9. The summed E-state index contributed by atoms with van der Waals surface area (Å²) in [6, 6.07) is 39.4. The zero-order chi connectivity index (χ0) is 109. The summed E-state index contributed by atoms with van der Waals surface area (Å²) in [5.41, 5.74) is 0.957. The van der Waals surface area contributed by atoms with E-state index < -0.39 is 145 Å². The first-order chi connectivity index (χ1) is 71.4. The third kappa shape index (κ3) is 40.2. The molecule has 0 N–H and O–H groups in total. The van der Waals surface area contributed by atoms with Crippen molar-refractivity contribution in [3.8, 4) is 5.75 Å². The van der Waals surface area contributed by atoms with E-state index in [9.17, 15) is 124 Å². The molecule has 0 spiro atoms. The number of benzene rings is 3. The highest BCUT2D eigenvalue weighted by Gasteiger charge is 2.42. The van der Waals surface area contributed by atoms with Crippen LogP contribution < -0.4 is 86.1 Å². The van der Waals surface area contributed by atoms with Crippen molar-refractivity contribution in [1.29, 1.82) is 0 Å². The first-order valence-corrected chi connectivity index (χ1v) is 47.1. The summed E-state index contributed by atoms with van der Waals surface area (Å²) in [4.78, 5) is 78.9. The predicted molar refractivity (Wildman–Crippen MR) is 472 cm³/mol. The van der Waals surface area contributed by atoms with Crippen LogP contribution in [0.15, 0.2) is 214 Å². The number of hydrogen-bond acceptors (Lipinski definition) is 12. The van der Waals surface area contributed by atoms with E-state index >= 15 is 0 Å². The van der Waals surface area contributed by atoms with Crippen molar-refractivity contribution >= 4 is 17.9 Å². The number of rotatable bonds is 30. The van der Waals surface area contributed by atoms with Crippen molar-refractivity contribution < 1.29 is 210 Å². The molecule has 0 amide bonds. The third-order valence-corrected chi connectivity index (χ3v) is 21.9. The summed E-state index contributed by atoms with van der Waals surface area (Å²) in [5.74, 6) is -46.0. The number of para-hydroxylation sites is 1. The van der Waals surface area contributed by atoms with Crippen molar-refractivity contribution in [2.45, 2.75) is 188 Å². The number of aromatic nitrogens is 9. The van der Waals surface area contributed by atoms with E-state index in [0.717, 1.165) is 108 Å². The minimum Gasteiger partial charge on any atom is -0.275 e. The van der Waals surface area contributed by atoms with E-state index in [1.54, 1.807) is 23.2 Å². The predicted octanol–water partition coefficient (Wildman–Crippen LogP) is 18.6. The van der Waals surface area contributed by atoms with Crippen LogP contribution in [0.5, 0.6) is 5.75 Å². The van der Waals surface area contributed by atoms with Crippen molar-refractivity contribution in [2.24, 2.45) is 23.7 Å². The van der Waals surface area contributed by atoms with Gasteiger partial charge >= 0.3 is 65.5 Å². The maximum Gasteiger partial charge on any atom is 0.452 e. The molecule has 21 nitrogen and oxygen atoms in total. The largest absolute Gasteiger partial charge is 0.452 e. The Morgan fingerprint density at radius 1 is 0.309 bits per heavy atom. The normalized spacial score (nSPS) is 12.8. The Balaban J connectivity index is 0.000000228. The SMILES string of the molecule is CCCCC(CC)CO[n+]1c(F)c(F)c(F)c(F)c1F.CCCCCCCCO[n+]1c(F)c(F)c(F)c(F)c1F.CO[n+]1ccc(F)cc1.Fc1cc[n+](OCC2CCCCC2)cc1.Fc1cc[n+](OCc2ccccc2)cc1.Fc1cc[n+](Oc2ccccc2)cc1.O=C(O[n+]1c(F)c(F)c(F)c(F)c1F)C1CCCCC1.O=C(O[n+]1c(F)c(F)c(F)c(F)c1F)c1ccccc1.O=C(O[n+]1ccc(F)cc1)C1CCCCC1. The second-order valence-corrected chi connectivity index (χ2v) is 32.8. The van der Waals surface area contributed by atoms with Crippen LogP contribution in [0.4, 0.5) is 110 Å². The molecule has 1 unspecified atom stereocenters. The van der Waals surface area contributed by atoms with Gasteiger partial charge in [0, 0.05) is 84.3 Å². The van der Waals surface area contributed by atoms with Crippen LogP contribution in [0.3, 0.4) is 0 Å². The molecule has 0 radical (unpaired) electrons. The first-order valence-electron chi connectivity index (χ1n) is 47.1. The highest BCUT2D eigenvalue weighted by molar-refractivity contribution is 5.89. The Labute approximate surface area is 840 Å². The van der Waals surface area contributed by atoms with Crippen LogP contribution in [0.1, 0.15) is 197 Å². The van der Waals surface area contributed by atoms with Gasteiger partial charge in [-0.2, -0.15) is 67.2 Å². The van der Waals surface area contributed by atoms with Crippen LogP contribution >= 0.6 is 0 Å². The van der Waals surface area contributed by atoms with Gasteiger partial charge in [0.15, 0.2) is 26.4 Å². The quantitative estimate of drug-likeness (QED) is 0.0181. The van der Waals surface area contributed by atoms with Crippen molar-refractivity contribution in [1.82, 2.24) is 0 Å². The molecule has 3 saturated carbocycles. The lowest BCUT2D eigenvalue weighted by atomic mass is 9.89. The van der Waals surface area contributed by atoms with Crippen molar-refractivity contribution in [3.63, 3.8) is 0 Å². The monoisotopic (exact) mass is 2140 g/mol. The minimum atomic E-state index is -2.34. The van der Waals surface area contributed by atoms with Crippen LogP contribution in [0, 0.1) is 170 Å². The number of halogens is 25. The molecule has 9 heterocycles. The van der Waals surface area contributed by atoms with Crippen LogP contribution in [-0.2, 0) is 16.2 Å². The highest BCUT2D eigenvalue weighted by atomic mass is 19.2. The van der Waals surface area contributed by atoms with Gasteiger partial charge in [0.1, 0.15) is 36.2 Å². The number of hydrogen-bond donors (Lipinski definition) is 0. The van der Waals surface area contributed by atoms with Crippen LogP contribution in [-0.4, -0.2) is 44.8 Å². The Bertz CT molecular complexity index is 5980. The molecule has 3 aromatic carbocycles. The van der Waals surface area contributed by atoms with Crippen LogP contribution in [0.25, 0.3) is 0 Å². The van der Waals surface area contributed by atoms with Gasteiger partial charge in [-0.25, -0.2) is 41.2 Å². The molecule has 0 saturated heterocycles. The van der Waals surface area contributed by atoms with E-state index in [4.69, 9.17) is 29.0 Å². The molecule has 149 heavy (non-hydrogen) atoms. The zero-order valence-electron chi connectivity index (χ0n) is 80.9. The van der Waals surface area contributed by atoms with E-state index in [1.165, 1.54) is 199 Å². The van der Waals surface area contributed by atoms with E-state index in [1.807, 2.05) is 74.5 Å². The Morgan fingerprint density at radius 3 is 1.03 bits per heavy atom. The van der Waals surface area contributed by atoms with Gasteiger partial charge < -0.3 is 0 Å². The van der Waals surface area contributed by atoms with Crippen LogP contribution in [0.2, 0.25) is 0 Å². The molecular weight excluding hydrogens is 2030 g/mol. The second kappa shape index (κ2) is 64.6. The summed E-state index contributed by atoms with van der Waals surface area (Å²) in [6.07, 6.45) is 39.0. The smallest absolute Gasteiger partial charge is 0.275 e. The summed E-state index contributed by atoms with van der Waals surface area (Å²) in [5, 5.41) is 0. The van der Waals surface area contributed by atoms with Gasteiger partial charge in [-0.3, -0.25) is 24.2 Å². The van der Waals surface area contributed by atoms with E-state index in [-0.39, 0.29) is 75.1 Å². The van der Waals surface area contributed by atoms with Gasteiger partial charge in [0.25, 0.3) is 46.5 Å². The molecule has 3 fully saturated rings. The average Bonchev–Trinajstić information content (AvgIpc) is 0.786. The minimum absolute atomic E-state index is 0.00238. The molecule has 9 aromatic heterocycles. The number of unbranched alkanes of at least 4 members (excludes halogenated alkanes) is 6. The molecule has 46 heteroatoms. The van der Waals surface area contributed by atoms with Crippen molar-refractivity contribution in [2.75, 3.05) is 26.9 Å². The molecule has 0 bridgehead atoms. The summed E-state index contributed by atoms with van der Waals surface area (Å²) < 4.78 is 328. The molecule has 3 aliphatic carbocycles. The fourth-order valence-electron chi connectivity index (χ4n) is 13.7. The van der Waals surface area contributed by atoms with Gasteiger partial charge in [-0.05, 0) is 106 Å². The van der Waals surface area contributed by atoms with E-state index in [2.05, 4.69) is 21.4 Å². The number of carbonyl (C=O) groups excluding carboxylic acids is 3. The Hall–Kier alpha value is -14.5. The summed E-state index contributed by atoms with van der Waals surface area (Å²) in [7, 11) is 1.51. The first kappa shape index (κ1) is 121. The molecule has 0 aliphatic heterocycles. The number of carbonyl (C=O) groups is 3. The Morgan fingerprint density at radius 2 is 0.638 bits per heavy atom. The molecule has 804 valence electrons. The average molecular weight is 2140 g/mol. The van der Waals surface area contributed by atoms with Gasteiger partial charge in [-0.15, -0.1) is 35.1 Å². The molecule has 3 aliphatic rings. The second-order valence-electron chi connectivity index (χ2n) is 32.8. The standard InChI is InChI=1S/2C13H17F5NO.C12H11F5NO2.C12H5F5NO2.C12H15FNO2.C12H17FNO.C12H11FNO.C11H9FNO.C6H7FNO/c1-3-5-6-8(4-2)7-20-19-12(17)10(15)9(14)11(16)13(19)18;1-2-3-4-5-6-7-8-20-19-12(17)10(15)9(14)11(16)13(19)18;2*13-7-8(14)10(16)18(11(17)9(7)15)20-12(19)6-4-2-1-3-5-6;13-11-6-8-14(9-7-11)16-12(15)10-4-2-1-3-5-10;2*13-12-6-8-14(9-7-12)15-10-11-4-2-1-3-5-11;12-10-6-8-13(9-7-10)14-11-4-2-1-3-5-11;1-9-8-4-2-6(7)3-5-8/h8H,3-7H2,1-2H3;2-8H2,1H3;6H,1-5H2;1-5H;6-10H,1-5H2;6-9,11H,1-5,10H2;1-9H,10H2;1-9H;2-5H,1H3/q9*+1. The molecule has 15 rings (SSSR count). The van der Waals surface area contributed by atoms with Gasteiger partial charge in [-0.1, -0.05) is 184 Å². The third-order valence-electron chi connectivity index (χ3n) is 21.9. The fraction of sp³-hybridized carbons (Fsp3) is 0.359. The number of pyridine rings is 9. The summed E-state index contributed by atoms with van der Waals surface area (Å²) in [6.45, 7) is 6.92. The Kier molecular flexibility index (Phi) is 52.6. The van der Waals surface area contributed by atoms with Crippen molar-refractivity contribution in [3.05, 3.63) is 371 Å². The topological polar surface area (TPSA) is 169 Å². The van der Waals surface area contributed by atoms with Gasteiger partial charge in [0.05, 0.1) is 36.3 Å². The maximum atomic E-state index is 13.3. The highest BCUT2D eigenvalue weighted by Crippen LogP contribution is 2.28. The summed E-state index contributed by atoms with van der Waals surface area (Å²) >= 11 is 0. The maximum absolute atomic E-state index is 13.3. The fourth-order valence-corrected chi connectivity index (χ4v) is 13.7. The lowest BCUT2D eigenvalue weighted by Crippen LogP contribution is -2.55. The lowest BCUT2D eigenvalue weighted by molar-refractivity contribution is -0.932.